The number of hydrogen-bond donors (Lipinski definition) is 0. The molecular weight excluding hydrogens is 343 g/mol. The van der Waals surface area contributed by atoms with Gasteiger partial charge in [0.1, 0.15) is 6.07 Å². The van der Waals surface area contributed by atoms with Gasteiger partial charge in [-0.1, -0.05) is 0 Å². The van der Waals surface area contributed by atoms with Gasteiger partial charge in [-0.2, -0.15) is 9.65 Å². The van der Waals surface area contributed by atoms with Crippen molar-refractivity contribution < 1.29 is 4.39 Å². The zero-order valence-corrected chi connectivity index (χ0v) is 15.1. The topological polar surface area (TPSA) is 78.6 Å². The maximum Gasteiger partial charge on any atom is 0.212 e. The van der Waals surface area contributed by atoms with Crippen LogP contribution >= 0.6 is 0 Å². The number of hydrogen-bond acceptors (Lipinski definition) is 6. The van der Waals surface area contributed by atoms with Gasteiger partial charge in [-0.05, 0) is 48.7 Å². The zero-order chi connectivity index (χ0) is 19.0. The number of halogens is 1. The van der Waals surface area contributed by atoms with Crippen molar-refractivity contribution in [2.75, 3.05) is 11.4 Å². The zero-order valence-electron chi connectivity index (χ0n) is 15.1. The van der Waals surface area contributed by atoms with Crippen molar-refractivity contribution in [2.24, 2.45) is 0 Å². The number of anilines is 1. The maximum absolute atomic E-state index is 13.1. The summed E-state index contributed by atoms with van der Waals surface area (Å²) < 4.78 is 13.1. The molecule has 7 heteroatoms. The molecule has 0 atom stereocenters. The average molecular weight is 360 g/mol. The third kappa shape index (κ3) is 3.10. The van der Waals surface area contributed by atoms with Crippen LogP contribution in [0.15, 0.2) is 30.6 Å². The van der Waals surface area contributed by atoms with E-state index in [1.807, 2.05) is 13.8 Å². The third-order valence-electron chi connectivity index (χ3n) is 5.00. The molecule has 0 amide bonds. The molecule has 0 aliphatic carbocycles. The second-order valence-electron chi connectivity index (χ2n) is 6.60. The summed E-state index contributed by atoms with van der Waals surface area (Å²) in [5, 5.41) is 17.5. The quantitative estimate of drug-likeness (QED) is 0.654. The minimum absolute atomic E-state index is 0.362. The molecule has 0 unspecified atom stereocenters. The van der Waals surface area contributed by atoms with Crippen molar-refractivity contribution >= 4 is 5.82 Å². The lowest BCUT2D eigenvalue weighted by Crippen LogP contribution is -2.32. The Labute approximate surface area is 156 Å². The molecule has 0 fully saturated rings. The summed E-state index contributed by atoms with van der Waals surface area (Å²) in [6.07, 6.45) is 4.12. The predicted molar refractivity (Wildman–Crippen MR) is 98.4 cm³/mol. The van der Waals surface area contributed by atoms with Crippen molar-refractivity contribution in [1.29, 1.82) is 5.26 Å². The largest absolute Gasteiger partial charge is 0.350 e. The van der Waals surface area contributed by atoms with Crippen LogP contribution < -0.4 is 4.90 Å². The number of rotatable bonds is 2. The fourth-order valence-corrected chi connectivity index (χ4v) is 3.31. The van der Waals surface area contributed by atoms with E-state index in [4.69, 9.17) is 5.26 Å². The van der Waals surface area contributed by atoms with Crippen LogP contribution in [0.25, 0.3) is 11.1 Å². The minimum atomic E-state index is -0.499. The van der Waals surface area contributed by atoms with E-state index in [0.29, 0.717) is 12.2 Å². The number of nitriles is 1. The first-order valence-corrected chi connectivity index (χ1v) is 8.65. The number of fused-ring (bicyclic) bond motifs is 1. The first-order valence-electron chi connectivity index (χ1n) is 8.65. The van der Waals surface area contributed by atoms with E-state index in [2.05, 4.69) is 37.2 Å². The first kappa shape index (κ1) is 17.0. The van der Waals surface area contributed by atoms with E-state index in [1.165, 1.54) is 12.3 Å². The van der Waals surface area contributed by atoms with E-state index in [9.17, 15) is 4.39 Å². The molecule has 6 nitrogen and oxygen atoms in total. The third-order valence-corrected chi connectivity index (χ3v) is 5.00. The van der Waals surface area contributed by atoms with Crippen LogP contribution in [0.5, 0.6) is 0 Å². The van der Waals surface area contributed by atoms with E-state index in [-0.39, 0.29) is 0 Å². The Bertz CT molecular complexity index is 1060. The van der Waals surface area contributed by atoms with Gasteiger partial charge < -0.3 is 4.90 Å². The molecule has 0 saturated carbocycles. The van der Waals surface area contributed by atoms with Crippen molar-refractivity contribution in [3.05, 3.63) is 64.6 Å². The molecule has 3 aromatic heterocycles. The van der Waals surface area contributed by atoms with E-state index >= 15 is 0 Å². The molecule has 0 N–H and O–H groups in total. The Hall–Kier alpha value is -3.40. The second-order valence-corrected chi connectivity index (χ2v) is 6.60. The summed E-state index contributed by atoms with van der Waals surface area (Å²) in [4.78, 5) is 10.5. The van der Waals surface area contributed by atoms with Crippen molar-refractivity contribution in [2.45, 2.75) is 26.8 Å². The number of nitrogens with zero attached hydrogens (tertiary/aromatic N) is 6. The van der Waals surface area contributed by atoms with Gasteiger partial charge in [-0.3, -0.25) is 4.98 Å². The fraction of sp³-hybridized carbons (Fsp3) is 0.250. The fourth-order valence-electron chi connectivity index (χ4n) is 3.31. The average Bonchev–Trinajstić information content (AvgIpc) is 2.70. The Balaban J connectivity index is 1.67. The summed E-state index contributed by atoms with van der Waals surface area (Å²) in [6.45, 7) is 5.31. The van der Waals surface area contributed by atoms with Crippen LogP contribution in [0.4, 0.5) is 10.2 Å². The summed E-state index contributed by atoms with van der Waals surface area (Å²) >= 11 is 0. The number of aromatic nitrogens is 4. The van der Waals surface area contributed by atoms with E-state index in [0.717, 1.165) is 52.3 Å². The van der Waals surface area contributed by atoms with Crippen LogP contribution in [0.2, 0.25) is 0 Å². The normalized spacial score (nSPS) is 13.2. The highest BCUT2D eigenvalue weighted by Crippen LogP contribution is 2.28. The van der Waals surface area contributed by atoms with Crippen molar-refractivity contribution in [3.8, 4) is 17.2 Å². The van der Waals surface area contributed by atoms with Gasteiger partial charge >= 0.3 is 0 Å². The number of pyridine rings is 2. The Morgan fingerprint density at radius 2 is 1.89 bits per heavy atom. The molecule has 0 saturated heterocycles. The lowest BCUT2D eigenvalue weighted by Gasteiger charge is -2.30. The molecular formula is C20H17FN6. The predicted octanol–water partition coefficient (Wildman–Crippen LogP) is 3.12. The first-order chi connectivity index (χ1) is 13.1. The summed E-state index contributed by atoms with van der Waals surface area (Å²) in [6, 6.07) is 7.20. The standard InChI is InChI=1S/C20H17FN6/c1-12-13(2)20(26-25-18(12)8-22)27-6-5-17-16(11-27)7-15(10-23-17)14-3-4-19(21)24-9-14/h3-4,7,9-10H,5-6,11H2,1-2H3. The molecule has 0 bridgehead atoms. The summed E-state index contributed by atoms with van der Waals surface area (Å²) in [5.74, 6) is 0.298. The lowest BCUT2D eigenvalue weighted by molar-refractivity contribution is 0.584. The monoisotopic (exact) mass is 360 g/mol. The lowest BCUT2D eigenvalue weighted by atomic mass is 10.0. The van der Waals surface area contributed by atoms with Gasteiger partial charge in [0, 0.05) is 48.7 Å². The molecule has 0 spiro atoms. The second kappa shape index (κ2) is 6.72. The summed E-state index contributed by atoms with van der Waals surface area (Å²) in [7, 11) is 0. The maximum atomic E-state index is 13.1. The smallest absolute Gasteiger partial charge is 0.212 e. The summed E-state index contributed by atoms with van der Waals surface area (Å²) in [5.41, 5.74) is 6.08. The highest BCUT2D eigenvalue weighted by molar-refractivity contribution is 5.63. The van der Waals surface area contributed by atoms with Crippen LogP contribution in [-0.4, -0.2) is 26.7 Å². The van der Waals surface area contributed by atoms with Crippen molar-refractivity contribution in [1.82, 2.24) is 20.2 Å². The molecule has 27 heavy (non-hydrogen) atoms. The molecule has 134 valence electrons. The SMILES string of the molecule is Cc1c(C#N)nnc(N2CCc3ncc(-c4ccc(F)nc4)cc3C2)c1C. The van der Waals surface area contributed by atoms with Crippen LogP contribution in [0.3, 0.4) is 0 Å². The van der Waals surface area contributed by atoms with Crippen LogP contribution in [0.1, 0.15) is 28.1 Å². The van der Waals surface area contributed by atoms with Crippen LogP contribution in [0, 0.1) is 31.1 Å². The van der Waals surface area contributed by atoms with Gasteiger partial charge in [0.15, 0.2) is 11.5 Å². The molecule has 1 aliphatic heterocycles. The molecule has 3 aromatic rings. The Morgan fingerprint density at radius 1 is 1.07 bits per heavy atom. The molecule has 4 rings (SSSR count). The molecule has 0 aromatic carbocycles. The Kier molecular flexibility index (Phi) is 4.24. The highest BCUT2D eigenvalue weighted by Gasteiger charge is 2.22. The minimum Gasteiger partial charge on any atom is -0.350 e. The highest BCUT2D eigenvalue weighted by atomic mass is 19.1. The van der Waals surface area contributed by atoms with Gasteiger partial charge in [-0.25, -0.2) is 4.98 Å². The Morgan fingerprint density at radius 3 is 2.63 bits per heavy atom. The van der Waals surface area contributed by atoms with Gasteiger partial charge in [0.25, 0.3) is 0 Å². The molecule has 4 heterocycles. The van der Waals surface area contributed by atoms with Gasteiger partial charge in [-0.15, -0.1) is 10.2 Å². The van der Waals surface area contributed by atoms with Crippen LogP contribution in [-0.2, 0) is 13.0 Å². The van der Waals surface area contributed by atoms with Crippen molar-refractivity contribution in [3.63, 3.8) is 0 Å². The van der Waals surface area contributed by atoms with Gasteiger partial charge in [0.2, 0.25) is 5.95 Å². The molecule has 0 radical (unpaired) electrons. The molecule has 1 aliphatic rings. The van der Waals surface area contributed by atoms with E-state index < -0.39 is 5.95 Å². The van der Waals surface area contributed by atoms with E-state index in [1.54, 1.807) is 12.3 Å². The van der Waals surface area contributed by atoms with Gasteiger partial charge in [0.05, 0.1) is 0 Å².